The van der Waals surface area contributed by atoms with Crippen LogP contribution in [0.3, 0.4) is 0 Å². The van der Waals surface area contributed by atoms with Crippen molar-refractivity contribution < 1.29 is 8.60 Å². The lowest BCUT2D eigenvalue weighted by molar-refractivity contribution is 0.249. The molecule has 1 unspecified atom stereocenters. The number of anilines is 2. The van der Waals surface area contributed by atoms with Gasteiger partial charge in [-0.05, 0) is 60.9 Å². The molecule has 0 bridgehead atoms. The van der Waals surface area contributed by atoms with E-state index in [0.29, 0.717) is 26.2 Å². The summed E-state index contributed by atoms with van der Waals surface area (Å²) in [6.45, 7) is 11.2. The van der Waals surface area contributed by atoms with Gasteiger partial charge < -0.3 is 9.80 Å². The number of piperazine rings is 2. The molecule has 1 aromatic heterocycles. The van der Waals surface area contributed by atoms with Crippen LogP contribution < -0.4 is 9.80 Å². The first kappa shape index (κ1) is 26.3. The standard InChI is InChI=1S/C29H33FN6OS/c1-22-17-23(2)28(38(37)36-15-13-35(14-16-36)29-8-7-26(30)20-32-29)18-25(22)21-33-9-11-34(12-10-33)27-6-4-3-5-24(27)19-31/h3-8,17-18,20H,9-16,21H2,1-2H3. The van der Waals surface area contributed by atoms with Gasteiger partial charge in [0.2, 0.25) is 0 Å². The van der Waals surface area contributed by atoms with Gasteiger partial charge in [0, 0.05) is 58.9 Å². The molecule has 7 nitrogen and oxygen atoms in total. The molecule has 2 aliphatic heterocycles. The smallest absolute Gasteiger partial charge is 0.141 e. The molecule has 5 rings (SSSR count). The van der Waals surface area contributed by atoms with Crippen molar-refractivity contribution in [2.45, 2.75) is 25.3 Å². The van der Waals surface area contributed by atoms with Gasteiger partial charge in [-0.2, -0.15) is 5.26 Å². The minimum Gasteiger partial charge on any atom is -0.368 e. The van der Waals surface area contributed by atoms with Crippen molar-refractivity contribution in [3.8, 4) is 6.07 Å². The highest BCUT2D eigenvalue weighted by molar-refractivity contribution is 7.82. The summed E-state index contributed by atoms with van der Waals surface area (Å²) in [5.41, 5.74) is 5.20. The number of pyridine rings is 1. The highest BCUT2D eigenvalue weighted by Gasteiger charge is 2.25. The largest absolute Gasteiger partial charge is 0.368 e. The van der Waals surface area contributed by atoms with Crippen molar-refractivity contribution >= 4 is 22.5 Å². The van der Waals surface area contributed by atoms with Gasteiger partial charge in [-0.1, -0.05) is 18.2 Å². The van der Waals surface area contributed by atoms with Crippen molar-refractivity contribution in [2.75, 3.05) is 62.2 Å². The van der Waals surface area contributed by atoms with E-state index in [2.05, 4.69) is 44.8 Å². The van der Waals surface area contributed by atoms with E-state index in [1.165, 1.54) is 23.4 Å². The van der Waals surface area contributed by atoms with Gasteiger partial charge in [-0.3, -0.25) is 4.90 Å². The molecule has 2 saturated heterocycles. The minimum absolute atomic E-state index is 0.342. The van der Waals surface area contributed by atoms with Crippen molar-refractivity contribution in [3.63, 3.8) is 0 Å². The fraction of sp³-hybridized carbons (Fsp3) is 0.379. The molecule has 38 heavy (non-hydrogen) atoms. The third kappa shape index (κ3) is 5.73. The predicted octanol–water partition coefficient (Wildman–Crippen LogP) is 3.88. The van der Waals surface area contributed by atoms with Crippen LogP contribution in [0.25, 0.3) is 0 Å². The highest BCUT2D eigenvalue weighted by Crippen LogP contribution is 2.26. The summed E-state index contributed by atoms with van der Waals surface area (Å²) in [5.74, 6) is 0.409. The third-order valence-electron chi connectivity index (χ3n) is 7.46. The van der Waals surface area contributed by atoms with E-state index < -0.39 is 11.0 Å². The molecule has 2 aromatic carbocycles. The molecule has 0 aliphatic carbocycles. The lowest BCUT2D eigenvalue weighted by Gasteiger charge is -2.37. The molecule has 1 atom stereocenters. The number of benzene rings is 2. The fourth-order valence-electron chi connectivity index (χ4n) is 5.24. The second-order valence-corrected chi connectivity index (χ2v) is 11.4. The van der Waals surface area contributed by atoms with Crippen LogP contribution in [0.15, 0.2) is 59.6 Å². The summed E-state index contributed by atoms with van der Waals surface area (Å²) in [6, 6.07) is 17.5. The number of para-hydroxylation sites is 1. The Morgan fingerprint density at radius 3 is 2.32 bits per heavy atom. The summed E-state index contributed by atoms with van der Waals surface area (Å²) in [5, 5.41) is 9.46. The maximum Gasteiger partial charge on any atom is 0.141 e. The first-order valence-corrected chi connectivity index (χ1v) is 14.1. The van der Waals surface area contributed by atoms with Crippen molar-refractivity contribution in [1.29, 1.82) is 5.26 Å². The lowest BCUT2D eigenvalue weighted by Crippen LogP contribution is -2.47. The summed E-state index contributed by atoms with van der Waals surface area (Å²) in [7, 11) is -1.25. The zero-order valence-electron chi connectivity index (χ0n) is 21.9. The fourth-order valence-corrected chi connectivity index (χ4v) is 6.59. The first-order chi connectivity index (χ1) is 18.4. The normalized spacial score (nSPS) is 17.8. The number of aromatic nitrogens is 1. The summed E-state index contributed by atoms with van der Waals surface area (Å²) >= 11 is 0. The second kappa shape index (κ2) is 11.6. The number of nitrogens with zero attached hydrogens (tertiary/aromatic N) is 6. The van der Waals surface area contributed by atoms with E-state index in [4.69, 9.17) is 0 Å². The molecule has 0 saturated carbocycles. The Morgan fingerprint density at radius 1 is 0.921 bits per heavy atom. The topological polar surface area (TPSA) is 66.7 Å². The van der Waals surface area contributed by atoms with Gasteiger partial charge >= 0.3 is 0 Å². The average molecular weight is 533 g/mol. The Balaban J connectivity index is 1.22. The number of nitriles is 1. The number of aryl methyl sites for hydroxylation is 2. The summed E-state index contributed by atoms with van der Waals surface area (Å²) in [6.07, 6.45) is 1.24. The van der Waals surface area contributed by atoms with E-state index >= 15 is 0 Å². The molecule has 0 amide bonds. The Bertz CT molecular complexity index is 1340. The van der Waals surface area contributed by atoms with Crippen LogP contribution in [0.4, 0.5) is 15.9 Å². The van der Waals surface area contributed by atoms with E-state index in [1.807, 2.05) is 35.5 Å². The predicted molar refractivity (Wildman–Crippen MR) is 149 cm³/mol. The quantitative estimate of drug-likeness (QED) is 0.480. The molecule has 3 heterocycles. The van der Waals surface area contributed by atoms with Crippen LogP contribution in [-0.2, 0) is 17.5 Å². The van der Waals surface area contributed by atoms with Gasteiger partial charge in [-0.25, -0.2) is 17.9 Å². The van der Waals surface area contributed by atoms with Crippen LogP contribution in [0, 0.1) is 31.0 Å². The monoisotopic (exact) mass is 532 g/mol. The van der Waals surface area contributed by atoms with Crippen LogP contribution in [0.5, 0.6) is 0 Å². The maximum absolute atomic E-state index is 13.6. The van der Waals surface area contributed by atoms with E-state index in [-0.39, 0.29) is 5.82 Å². The minimum atomic E-state index is -1.25. The first-order valence-electron chi connectivity index (χ1n) is 13.0. The number of hydrogen-bond acceptors (Lipinski definition) is 6. The Morgan fingerprint density at radius 2 is 1.63 bits per heavy atom. The van der Waals surface area contributed by atoms with E-state index in [9.17, 15) is 13.9 Å². The molecule has 9 heteroatoms. The molecule has 2 fully saturated rings. The van der Waals surface area contributed by atoms with Gasteiger partial charge in [0.25, 0.3) is 0 Å². The van der Waals surface area contributed by atoms with Gasteiger partial charge in [0.15, 0.2) is 0 Å². The third-order valence-corrected chi connectivity index (χ3v) is 9.11. The number of hydrogen-bond donors (Lipinski definition) is 0. The SMILES string of the molecule is Cc1cc(C)c(S(=O)N2CCN(c3ccc(F)cn3)CC2)cc1CN1CCN(c2ccccc2C#N)CC1. The molecule has 0 spiro atoms. The number of rotatable bonds is 6. The molecular formula is C29H33FN6OS. The van der Waals surface area contributed by atoms with Crippen molar-refractivity contribution in [2.24, 2.45) is 0 Å². The van der Waals surface area contributed by atoms with E-state index in [1.54, 1.807) is 6.07 Å². The maximum atomic E-state index is 13.6. The van der Waals surface area contributed by atoms with E-state index in [0.717, 1.165) is 60.3 Å². The van der Waals surface area contributed by atoms with Gasteiger partial charge in [-0.15, -0.1) is 0 Å². The summed E-state index contributed by atoms with van der Waals surface area (Å²) < 4.78 is 28.9. The number of halogens is 1. The molecule has 198 valence electrons. The van der Waals surface area contributed by atoms with Crippen LogP contribution in [0.1, 0.15) is 22.3 Å². The molecular weight excluding hydrogens is 499 g/mol. The van der Waals surface area contributed by atoms with Crippen LogP contribution in [-0.4, -0.2) is 70.8 Å². The van der Waals surface area contributed by atoms with Crippen LogP contribution >= 0.6 is 0 Å². The zero-order valence-corrected chi connectivity index (χ0v) is 22.8. The highest BCUT2D eigenvalue weighted by atomic mass is 32.2. The molecule has 0 radical (unpaired) electrons. The summed E-state index contributed by atoms with van der Waals surface area (Å²) in [4.78, 5) is 11.9. The zero-order chi connectivity index (χ0) is 26.6. The van der Waals surface area contributed by atoms with Gasteiger partial charge in [0.1, 0.15) is 28.7 Å². The molecule has 0 N–H and O–H groups in total. The average Bonchev–Trinajstić information content (AvgIpc) is 2.95. The Kier molecular flexibility index (Phi) is 8.03. The molecule has 2 aliphatic rings. The Hall–Kier alpha value is -3.32. The van der Waals surface area contributed by atoms with Crippen LogP contribution in [0.2, 0.25) is 0 Å². The molecule has 3 aromatic rings. The van der Waals surface area contributed by atoms with Crippen molar-refractivity contribution in [3.05, 3.63) is 82.8 Å². The Labute approximate surface area is 226 Å². The van der Waals surface area contributed by atoms with Gasteiger partial charge in [0.05, 0.1) is 22.3 Å². The second-order valence-electron chi connectivity index (χ2n) is 9.94. The lowest BCUT2D eigenvalue weighted by atomic mass is 10.0. The van der Waals surface area contributed by atoms with Crippen molar-refractivity contribution in [1.82, 2.24) is 14.2 Å².